The lowest BCUT2D eigenvalue weighted by Crippen LogP contribution is -2.25. The molecule has 5 aromatic rings. The molecule has 35 heavy (non-hydrogen) atoms. The second-order valence-electron chi connectivity index (χ2n) is 7.72. The zero-order chi connectivity index (χ0) is 24.4. The van der Waals surface area contributed by atoms with E-state index in [0.29, 0.717) is 45.2 Å². The van der Waals surface area contributed by atoms with E-state index in [1.54, 1.807) is 67.1 Å². The fraction of sp³-hybridized carbons (Fsp3) is 0.0385. The van der Waals surface area contributed by atoms with E-state index < -0.39 is 0 Å². The number of carbonyl (C=O) groups excluding carboxylic acids is 1. The largest absolute Gasteiger partial charge is 0.322 e. The average molecular weight is 502 g/mol. The Morgan fingerprint density at radius 3 is 2.60 bits per heavy atom. The Hall–Kier alpha value is -4.07. The van der Waals surface area contributed by atoms with Crippen LogP contribution in [-0.2, 0) is 6.42 Å². The smallest absolute Gasteiger partial charge is 0.278 e. The van der Waals surface area contributed by atoms with Crippen molar-refractivity contribution in [3.8, 4) is 5.69 Å². The molecule has 0 bridgehead atoms. The second-order valence-corrected chi connectivity index (χ2v) is 8.53. The Bertz CT molecular complexity index is 1620. The van der Waals surface area contributed by atoms with E-state index in [4.69, 9.17) is 23.2 Å². The van der Waals surface area contributed by atoms with Crippen molar-refractivity contribution in [2.45, 2.75) is 6.42 Å². The molecule has 0 aliphatic heterocycles. The molecule has 172 valence electrons. The predicted octanol–water partition coefficient (Wildman–Crippen LogP) is 5.33. The molecule has 1 amide bonds. The first-order valence-corrected chi connectivity index (χ1v) is 11.4. The molecule has 0 saturated heterocycles. The molecular formula is C26H17Cl2N5O2. The van der Waals surface area contributed by atoms with Crippen LogP contribution in [0.25, 0.3) is 16.9 Å². The molecule has 5 rings (SSSR count). The third-order valence-electron chi connectivity index (χ3n) is 5.32. The highest BCUT2D eigenvalue weighted by molar-refractivity contribution is 6.42. The number of pyridine rings is 2. The van der Waals surface area contributed by atoms with Crippen molar-refractivity contribution in [1.29, 1.82) is 0 Å². The van der Waals surface area contributed by atoms with Gasteiger partial charge in [-0.05, 0) is 60.2 Å². The number of anilines is 1. The highest BCUT2D eigenvalue weighted by atomic mass is 35.5. The van der Waals surface area contributed by atoms with Crippen molar-refractivity contribution in [2.75, 3.05) is 5.32 Å². The van der Waals surface area contributed by atoms with Crippen molar-refractivity contribution < 1.29 is 4.79 Å². The van der Waals surface area contributed by atoms with Gasteiger partial charge in [0.15, 0.2) is 5.65 Å². The van der Waals surface area contributed by atoms with Crippen LogP contribution in [0.15, 0.2) is 90.1 Å². The monoisotopic (exact) mass is 501 g/mol. The normalized spacial score (nSPS) is 10.9. The van der Waals surface area contributed by atoms with Gasteiger partial charge >= 0.3 is 0 Å². The van der Waals surface area contributed by atoms with Gasteiger partial charge in [-0.1, -0.05) is 35.3 Å². The number of hydrogen-bond donors (Lipinski definition) is 1. The van der Waals surface area contributed by atoms with Crippen molar-refractivity contribution in [1.82, 2.24) is 19.5 Å². The van der Waals surface area contributed by atoms with E-state index in [9.17, 15) is 9.59 Å². The average Bonchev–Trinajstić information content (AvgIpc) is 2.87. The summed E-state index contributed by atoms with van der Waals surface area (Å²) < 4.78 is 1.50. The second kappa shape index (κ2) is 9.66. The van der Waals surface area contributed by atoms with Crippen LogP contribution in [0.4, 0.5) is 5.69 Å². The van der Waals surface area contributed by atoms with E-state index in [1.807, 2.05) is 12.1 Å². The van der Waals surface area contributed by atoms with Gasteiger partial charge in [-0.3, -0.25) is 19.1 Å². The molecule has 7 nitrogen and oxygen atoms in total. The topological polar surface area (TPSA) is 89.8 Å². The van der Waals surface area contributed by atoms with Crippen LogP contribution >= 0.6 is 23.2 Å². The standard InChI is InChI=1S/C26H17Cl2N5O2/c27-20-9-8-17(13-21(20)28)25(34)31-18-5-1-6-19(14-18)33-24-22(7-3-11-30-24)32-23(26(33)35)12-16-4-2-10-29-15-16/h1-11,13-15H,12H2,(H,31,34). The van der Waals surface area contributed by atoms with Gasteiger partial charge < -0.3 is 5.32 Å². The Morgan fingerprint density at radius 2 is 1.80 bits per heavy atom. The summed E-state index contributed by atoms with van der Waals surface area (Å²) in [6.07, 6.45) is 5.32. The zero-order valence-corrected chi connectivity index (χ0v) is 19.7. The van der Waals surface area contributed by atoms with Crippen LogP contribution in [0.3, 0.4) is 0 Å². The molecule has 0 spiro atoms. The maximum Gasteiger partial charge on any atom is 0.278 e. The van der Waals surface area contributed by atoms with Crippen molar-refractivity contribution in [2.24, 2.45) is 0 Å². The molecule has 2 aromatic carbocycles. The number of amides is 1. The first-order valence-electron chi connectivity index (χ1n) is 10.6. The molecule has 0 fully saturated rings. The van der Waals surface area contributed by atoms with Crippen LogP contribution in [0.5, 0.6) is 0 Å². The summed E-state index contributed by atoms with van der Waals surface area (Å²) >= 11 is 12.0. The lowest BCUT2D eigenvalue weighted by Gasteiger charge is -2.13. The Labute approximate surface area is 210 Å². The molecule has 9 heteroatoms. The molecule has 0 saturated carbocycles. The lowest BCUT2D eigenvalue weighted by atomic mass is 10.1. The molecule has 0 aliphatic carbocycles. The Morgan fingerprint density at radius 1 is 0.943 bits per heavy atom. The number of nitrogens with zero attached hydrogens (tertiary/aromatic N) is 4. The first kappa shape index (κ1) is 22.7. The van der Waals surface area contributed by atoms with Crippen molar-refractivity contribution in [3.05, 3.63) is 123 Å². The first-order chi connectivity index (χ1) is 17.0. The van der Waals surface area contributed by atoms with Gasteiger partial charge in [0, 0.05) is 36.3 Å². The van der Waals surface area contributed by atoms with E-state index in [2.05, 4.69) is 20.3 Å². The van der Waals surface area contributed by atoms with E-state index in [0.717, 1.165) is 5.56 Å². The predicted molar refractivity (Wildman–Crippen MR) is 137 cm³/mol. The van der Waals surface area contributed by atoms with Gasteiger partial charge in [-0.15, -0.1) is 0 Å². The molecule has 0 radical (unpaired) electrons. The number of carbonyl (C=O) groups is 1. The quantitative estimate of drug-likeness (QED) is 0.351. The molecule has 0 aliphatic rings. The summed E-state index contributed by atoms with van der Waals surface area (Å²) in [5.74, 6) is -0.358. The zero-order valence-electron chi connectivity index (χ0n) is 18.2. The number of halogens is 2. The third kappa shape index (κ3) is 4.77. The van der Waals surface area contributed by atoms with Gasteiger partial charge in [-0.2, -0.15) is 0 Å². The van der Waals surface area contributed by atoms with Gasteiger partial charge in [0.1, 0.15) is 11.2 Å². The van der Waals surface area contributed by atoms with E-state index in [-0.39, 0.29) is 16.5 Å². The summed E-state index contributed by atoms with van der Waals surface area (Å²) in [7, 11) is 0. The minimum absolute atomic E-state index is 0.287. The number of rotatable bonds is 5. The van der Waals surface area contributed by atoms with Crippen molar-refractivity contribution >= 4 is 46.0 Å². The van der Waals surface area contributed by atoms with Crippen LogP contribution in [0.2, 0.25) is 10.0 Å². The van der Waals surface area contributed by atoms with Crippen LogP contribution in [-0.4, -0.2) is 25.4 Å². The maximum absolute atomic E-state index is 13.5. The summed E-state index contributed by atoms with van der Waals surface area (Å²) in [5.41, 5.74) is 3.33. The third-order valence-corrected chi connectivity index (χ3v) is 6.06. The number of nitrogens with one attached hydrogen (secondary N) is 1. The van der Waals surface area contributed by atoms with E-state index >= 15 is 0 Å². The van der Waals surface area contributed by atoms with E-state index in [1.165, 1.54) is 10.6 Å². The summed E-state index contributed by atoms with van der Waals surface area (Å²) in [4.78, 5) is 39.4. The summed E-state index contributed by atoms with van der Waals surface area (Å²) in [5, 5.41) is 3.49. The molecule has 0 unspecified atom stereocenters. The fourth-order valence-corrected chi connectivity index (χ4v) is 3.98. The molecule has 3 heterocycles. The maximum atomic E-state index is 13.5. The summed E-state index contributed by atoms with van der Waals surface area (Å²) in [6.45, 7) is 0. The highest BCUT2D eigenvalue weighted by Crippen LogP contribution is 2.24. The SMILES string of the molecule is O=C(Nc1cccc(-n2c(=O)c(Cc3cccnc3)nc3cccnc32)c1)c1ccc(Cl)c(Cl)c1. The van der Waals surface area contributed by atoms with Crippen LogP contribution < -0.4 is 10.9 Å². The number of benzene rings is 2. The Balaban J connectivity index is 1.55. The molecule has 1 N–H and O–H groups in total. The molecule has 0 atom stereocenters. The van der Waals surface area contributed by atoms with Gasteiger partial charge in [0.05, 0.1) is 15.7 Å². The number of hydrogen-bond acceptors (Lipinski definition) is 5. The highest BCUT2D eigenvalue weighted by Gasteiger charge is 2.15. The van der Waals surface area contributed by atoms with Gasteiger partial charge in [0.25, 0.3) is 11.5 Å². The fourth-order valence-electron chi connectivity index (χ4n) is 3.68. The molecular weight excluding hydrogens is 485 g/mol. The minimum Gasteiger partial charge on any atom is -0.322 e. The number of fused-ring (bicyclic) bond motifs is 1. The summed E-state index contributed by atoms with van der Waals surface area (Å²) in [6, 6.07) is 18.9. The van der Waals surface area contributed by atoms with Crippen molar-refractivity contribution in [3.63, 3.8) is 0 Å². The molecule has 3 aromatic heterocycles. The van der Waals surface area contributed by atoms with Crippen LogP contribution in [0, 0.1) is 0 Å². The van der Waals surface area contributed by atoms with Crippen LogP contribution in [0.1, 0.15) is 21.6 Å². The number of aromatic nitrogens is 4. The minimum atomic E-state index is -0.358. The lowest BCUT2D eigenvalue weighted by molar-refractivity contribution is 0.102. The van der Waals surface area contributed by atoms with Gasteiger partial charge in [0.2, 0.25) is 0 Å². The van der Waals surface area contributed by atoms with Gasteiger partial charge in [-0.25, -0.2) is 9.97 Å². The Kier molecular flexibility index (Phi) is 6.27.